The number of rotatable bonds is 5. The first kappa shape index (κ1) is 16.3. The van der Waals surface area contributed by atoms with Gasteiger partial charge in [-0.2, -0.15) is 4.68 Å². The van der Waals surface area contributed by atoms with Gasteiger partial charge >= 0.3 is 0 Å². The fourth-order valence-corrected chi connectivity index (χ4v) is 3.11. The summed E-state index contributed by atoms with van der Waals surface area (Å²) in [4.78, 5) is 8.51. The maximum absolute atomic E-state index is 6.22. The lowest BCUT2D eigenvalue weighted by atomic mass is 10.3. The van der Waals surface area contributed by atoms with E-state index in [1.54, 1.807) is 10.9 Å². The van der Waals surface area contributed by atoms with Crippen LogP contribution in [0.5, 0.6) is 5.75 Å². The average molecular weight is 351 g/mol. The molecule has 8 heteroatoms. The maximum atomic E-state index is 6.22. The van der Waals surface area contributed by atoms with E-state index in [0.717, 1.165) is 42.7 Å². The number of pyridine rings is 1. The molecule has 0 amide bonds. The Kier molecular flexibility index (Phi) is 4.39. The van der Waals surface area contributed by atoms with Gasteiger partial charge < -0.3 is 14.5 Å². The fraction of sp³-hybridized carbons (Fsp3) is 0.333. The summed E-state index contributed by atoms with van der Waals surface area (Å²) in [7, 11) is 3.92. The van der Waals surface area contributed by atoms with E-state index in [4.69, 9.17) is 4.74 Å². The second-order valence-electron chi connectivity index (χ2n) is 6.42. The van der Waals surface area contributed by atoms with Gasteiger partial charge in [0.25, 0.3) is 0 Å². The first-order chi connectivity index (χ1) is 12.7. The fourth-order valence-electron chi connectivity index (χ4n) is 3.11. The molecule has 1 atom stereocenters. The maximum Gasteiger partial charge on any atom is 0.250 e. The largest absolute Gasteiger partial charge is 0.485 e. The molecule has 3 aromatic rings. The SMILES string of the molecule is CN(C)c1ncccc1OC1CCN(c2nnnn2-c2ccccc2)C1. The molecule has 0 saturated carbocycles. The second kappa shape index (κ2) is 6.99. The van der Waals surface area contributed by atoms with Gasteiger partial charge in [-0.3, -0.25) is 0 Å². The molecule has 4 rings (SSSR count). The molecule has 0 N–H and O–H groups in total. The van der Waals surface area contributed by atoms with Crippen LogP contribution in [-0.4, -0.2) is 58.5 Å². The number of aromatic nitrogens is 5. The van der Waals surface area contributed by atoms with E-state index >= 15 is 0 Å². The van der Waals surface area contributed by atoms with Crippen LogP contribution in [0.2, 0.25) is 0 Å². The lowest BCUT2D eigenvalue weighted by molar-refractivity contribution is 0.225. The first-order valence-electron chi connectivity index (χ1n) is 8.60. The number of benzene rings is 1. The Balaban J connectivity index is 1.50. The molecule has 1 aromatic carbocycles. The number of para-hydroxylation sites is 1. The van der Waals surface area contributed by atoms with Gasteiger partial charge in [0.2, 0.25) is 5.95 Å². The summed E-state index contributed by atoms with van der Waals surface area (Å²) in [6.07, 6.45) is 2.75. The van der Waals surface area contributed by atoms with Gasteiger partial charge in [0.05, 0.1) is 12.2 Å². The zero-order chi connectivity index (χ0) is 17.9. The summed E-state index contributed by atoms with van der Waals surface area (Å²) >= 11 is 0. The zero-order valence-corrected chi connectivity index (χ0v) is 14.9. The van der Waals surface area contributed by atoms with E-state index in [-0.39, 0.29) is 6.10 Å². The standard InChI is InChI=1S/C18H21N7O/c1-23(2)17-16(9-6-11-19-17)26-15-10-12-24(13-15)18-20-21-22-25(18)14-7-4-3-5-8-14/h3-9,11,15H,10,12-13H2,1-2H3. The Bertz CT molecular complexity index is 865. The highest BCUT2D eigenvalue weighted by Gasteiger charge is 2.29. The van der Waals surface area contributed by atoms with E-state index in [9.17, 15) is 0 Å². The molecular formula is C18H21N7O. The third-order valence-corrected chi connectivity index (χ3v) is 4.35. The van der Waals surface area contributed by atoms with E-state index in [1.807, 2.05) is 61.5 Å². The monoisotopic (exact) mass is 351 g/mol. The highest BCUT2D eigenvalue weighted by Crippen LogP contribution is 2.28. The average Bonchev–Trinajstić information content (AvgIpc) is 3.32. The van der Waals surface area contributed by atoms with E-state index in [2.05, 4.69) is 25.4 Å². The third kappa shape index (κ3) is 3.17. The molecule has 3 heterocycles. The van der Waals surface area contributed by atoms with Crippen molar-refractivity contribution < 1.29 is 4.74 Å². The highest BCUT2D eigenvalue weighted by molar-refractivity contribution is 5.51. The van der Waals surface area contributed by atoms with Gasteiger partial charge in [-0.05, 0) is 34.7 Å². The molecule has 0 aliphatic carbocycles. The molecule has 1 aliphatic heterocycles. The van der Waals surface area contributed by atoms with Crippen LogP contribution in [0.1, 0.15) is 6.42 Å². The van der Waals surface area contributed by atoms with Gasteiger partial charge in [-0.15, -0.1) is 0 Å². The molecule has 1 aliphatic rings. The van der Waals surface area contributed by atoms with Crippen molar-refractivity contribution in [2.75, 3.05) is 37.0 Å². The molecular weight excluding hydrogens is 330 g/mol. The van der Waals surface area contributed by atoms with Gasteiger partial charge in [0.1, 0.15) is 6.10 Å². The third-order valence-electron chi connectivity index (χ3n) is 4.35. The number of tetrazole rings is 1. The number of nitrogens with zero attached hydrogens (tertiary/aromatic N) is 7. The van der Waals surface area contributed by atoms with Crippen LogP contribution in [0.3, 0.4) is 0 Å². The van der Waals surface area contributed by atoms with Crippen molar-refractivity contribution in [3.8, 4) is 11.4 Å². The zero-order valence-electron chi connectivity index (χ0n) is 14.9. The van der Waals surface area contributed by atoms with Gasteiger partial charge in [0, 0.05) is 33.3 Å². The second-order valence-corrected chi connectivity index (χ2v) is 6.42. The summed E-state index contributed by atoms with van der Waals surface area (Å²) in [5, 5.41) is 12.2. The van der Waals surface area contributed by atoms with Gasteiger partial charge in [0.15, 0.2) is 11.6 Å². The van der Waals surface area contributed by atoms with Crippen LogP contribution in [0, 0.1) is 0 Å². The predicted molar refractivity (Wildman–Crippen MR) is 99.0 cm³/mol. The lowest BCUT2D eigenvalue weighted by Crippen LogP contribution is -2.27. The Morgan fingerprint density at radius 3 is 2.77 bits per heavy atom. The van der Waals surface area contributed by atoms with Crippen molar-refractivity contribution in [1.82, 2.24) is 25.2 Å². The molecule has 1 fully saturated rings. The number of ether oxygens (including phenoxy) is 1. The molecule has 0 radical (unpaired) electrons. The quantitative estimate of drug-likeness (QED) is 0.694. The van der Waals surface area contributed by atoms with Crippen LogP contribution in [0.4, 0.5) is 11.8 Å². The Labute approximate surface area is 152 Å². The minimum Gasteiger partial charge on any atom is -0.485 e. The topological polar surface area (TPSA) is 72.2 Å². The van der Waals surface area contributed by atoms with Gasteiger partial charge in [-0.25, -0.2) is 4.98 Å². The Hall–Kier alpha value is -3.16. The molecule has 0 bridgehead atoms. The number of hydrogen-bond donors (Lipinski definition) is 0. The number of anilines is 2. The summed E-state index contributed by atoms with van der Waals surface area (Å²) < 4.78 is 7.98. The molecule has 0 spiro atoms. The van der Waals surface area contributed by atoms with Crippen LogP contribution >= 0.6 is 0 Å². The van der Waals surface area contributed by atoms with E-state index < -0.39 is 0 Å². The van der Waals surface area contributed by atoms with Crippen molar-refractivity contribution in [3.05, 3.63) is 48.7 Å². The first-order valence-corrected chi connectivity index (χ1v) is 8.60. The Morgan fingerprint density at radius 1 is 1.12 bits per heavy atom. The van der Waals surface area contributed by atoms with Crippen molar-refractivity contribution >= 4 is 11.8 Å². The summed E-state index contributed by atoms with van der Waals surface area (Å²) in [6, 6.07) is 13.8. The molecule has 1 unspecified atom stereocenters. The molecule has 134 valence electrons. The van der Waals surface area contributed by atoms with E-state index in [0.29, 0.717) is 0 Å². The molecule has 2 aromatic heterocycles. The minimum atomic E-state index is 0.0684. The van der Waals surface area contributed by atoms with Crippen LogP contribution in [-0.2, 0) is 0 Å². The summed E-state index contributed by atoms with van der Waals surface area (Å²) in [5.74, 6) is 2.37. The summed E-state index contributed by atoms with van der Waals surface area (Å²) in [6.45, 7) is 1.57. The molecule has 1 saturated heterocycles. The van der Waals surface area contributed by atoms with Crippen molar-refractivity contribution in [2.24, 2.45) is 0 Å². The number of hydrogen-bond acceptors (Lipinski definition) is 7. The van der Waals surface area contributed by atoms with Crippen LogP contribution in [0.15, 0.2) is 48.7 Å². The smallest absolute Gasteiger partial charge is 0.250 e. The highest BCUT2D eigenvalue weighted by atomic mass is 16.5. The van der Waals surface area contributed by atoms with Crippen molar-refractivity contribution in [2.45, 2.75) is 12.5 Å². The summed E-state index contributed by atoms with van der Waals surface area (Å²) in [5.41, 5.74) is 0.944. The predicted octanol–water partition coefficient (Wildman–Crippen LogP) is 1.78. The molecule has 8 nitrogen and oxygen atoms in total. The van der Waals surface area contributed by atoms with Crippen molar-refractivity contribution in [1.29, 1.82) is 0 Å². The van der Waals surface area contributed by atoms with Gasteiger partial charge in [-0.1, -0.05) is 23.3 Å². The lowest BCUT2D eigenvalue weighted by Gasteiger charge is -2.20. The van der Waals surface area contributed by atoms with E-state index in [1.165, 1.54) is 0 Å². The Morgan fingerprint density at radius 2 is 1.96 bits per heavy atom. The van der Waals surface area contributed by atoms with Crippen LogP contribution in [0.25, 0.3) is 5.69 Å². The molecule has 26 heavy (non-hydrogen) atoms. The van der Waals surface area contributed by atoms with Crippen LogP contribution < -0.4 is 14.5 Å². The normalized spacial score (nSPS) is 16.7. The van der Waals surface area contributed by atoms with Crippen molar-refractivity contribution in [3.63, 3.8) is 0 Å². The minimum absolute atomic E-state index is 0.0684.